The van der Waals surface area contributed by atoms with Crippen LogP contribution in [0, 0.1) is 0 Å². The second-order valence-corrected chi connectivity index (χ2v) is 26.7. The number of halogens is 2. The number of hydrogen-bond donors (Lipinski definition) is 0. The molecule has 0 amide bonds. The molecule has 2 fully saturated rings. The Morgan fingerprint density at radius 3 is 1.41 bits per heavy atom. The Morgan fingerprint density at radius 1 is 0.649 bits per heavy atom. The van der Waals surface area contributed by atoms with Crippen LogP contribution in [0.5, 0.6) is 0 Å². The average Bonchev–Trinajstić information content (AvgIpc) is 3.37. The van der Waals surface area contributed by atoms with Gasteiger partial charge < -0.3 is 24.8 Å². The molecule has 2 aliphatic carbocycles. The van der Waals surface area contributed by atoms with Gasteiger partial charge in [0.25, 0.3) is 0 Å². The third-order valence-corrected chi connectivity index (χ3v) is 29.2. The molecule has 2 saturated heterocycles. The zero-order chi connectivity index (χ0) is 23.9. The van der Waals surface area contributed by atoms with Gasteiger partial charge in [0.2, 0.25) is 0 Å². The van der Waals surface area contributed by atoms with Crippen LogP contribution in [0.3, 0.4) is 0 Å². The van der Waals surface area contributed by atoms with E-state index >= 15 is 0 Å². The van der Waals surface area contributed by atoms with E-state index in [1.54, 1.807) is 58.5 Å². The second kappa shape index (κ2) is 12.5. The number of allylic oxidation sites excluding steroid dienone is 2. The first-order valence-electron chi connectivity index (χ1n) is 14.6. The Labute approximate surface area is 251 Å². The number of hydrogen-bond acceptors (Lipinski definition) is 0. The molecule has 0 bridgehead atoms. The van der Waals surface area contributed by atoms with Crippen molar-refractivity contribution in [2.45, 2.75) is 99.7 Å². The van der Waals surface area contributed by atoms with Crippen LogP contribution in [0.1, 0.15) is 85.7 Å². The molecule has 37 heavy (non-hydrogen) atoms. The maximum absolute atomic E-state index is 2.75. The minimum absolute atomic E-state index is 0. The van der Waals surface area contributed by atoms with E-state index in [-0.39, 0.29) is 24.8 Å². The summed E-state index contributed by atoms with van der Waals surface area (Å²) in [6.45, 7) is 4.81. The Bertz CT molecular complexity index is 1060. The fourth-order valence-corrected chi connectivity index (χ4v) is 31.5. The van der Waals surface area contributed by atoms with E-state index in [1.807, 2.05) is 6.66 Å². The predicted octanol–water partition coefficient (Wildman–Crippen LogP) is 3.74. The third-order valence-electron chi connectivity index (χ3n) is 10.1. The van der Waals surface area contributed by atoms with E-state index in [0.717, 1.165) is 11.1 Å². The standard InChI is InChI=1S/2C16H21Si.2ClH.Hf/c2*1-2-3-11-17(12-6-13-17)16-10-9-14-7-4-5-8-15(14)16;;;/h2*4-5,7-9,16H,2-3,6,11-13H2,1H3;2*1H;/q;;;;+2/p-2. The summed E-state index contributed by atoms with van der Waals surface area (Å²) in [6.07, 6.45) is 14.2. The Kier molecular flexibility index (Phi) is 10.1. The maximum atomic E-state index is 2.75. The molecule has 2 atom stereocenters. The van der Waals surface area contributed by atoms with Crippen molar-refractivity contribution in [3.05, 3.63) is 77.4 Å². The maximum Gasteiger partial charge on any atom is -1.00 e. The summed E-state index contributed by atoms with van der Waals surface area (Å²) >= 11 is -1.09. The summed E-state index contributed by atoms with van der Waals surface area (Å²) in [6, 6.07) is 28.8. The minimum atomic E-state index is -1.22. The molecule has 5 heteroatoms. The van der Waals surface area contributed by atoms with Crippen molar-refractivity contribution in [2.24, 2.45) is 0 Å². The van der Waals surface area contributed by atoms with Crippen LogP contribution in [0.25, 0.3) is 12.2 Å². The zero-order valence-electron chi connectivity index (χ0n) is 22.7. The second-order valence-electron chi connectivity index (χ2n) is 12.1. The van der Waals surface area contributed by atoms with Crippen molar-refractivity contribution in [1.82, 2.24) is 0 Å². The van der Waals surface area contributed by atoms with Crippen molar-refractivity contribution in [3.63, 3.8) is 0 Å². The predicted molar refractivity (Wildman–Crippen MR) is 154 cm³/mol. The summed E-state index contributed by atoms with van der Waals surface area (Å²) in [7, 11) is -2.43. The van der Waals surface area contributed by atoms with E-state index in [4.69, 9.17) is 0 Å². The molecular weight excluding hydrogens is 690 g/mol. The van der Waals surface area contributed by atoms with E-state index in [2.05, 4.69) is 74.5 Å². The molecule has 2 aliphatic heterocycles. The molecule has 2 unspecified atom stereocenters. The van der Waals surface area contributed by atoms with Crippen LogP contribution >= 0.6 is 0 Å². The molecule has 2 aromatic rings. The van der Waals surface area contributed by atoms with Crippen LogP contribution in [0.15, 0.2) is 55.2 Å². The van der Waals surface area contributed by atoms with E-state index in [0.29, 0.717) is 0 Å². The smallest absolute Gasteiger partial charge is 1.00 e. The first-order valence-corrected chi connectivity index (χ1v) is 23.6. The number of benzene rings is 2. The molecule has 0 aromatic heterocycles. The summed E-state index contributed by atoms with van der Waals surface area (Å²) < 4.78 is 4.02. The molecule has 0 spiro atoms. The Hall–Kier alpha value is -0.196. The van der Waals surface area contributed by atoms with Crippen LogP contribution < -0.4 is 24.8 Å². The van der Waals surface area contributed by atoms with Gasteiger partial charge in [0.15, 0.2) is 0 Å². The first kappa shape index (κ1) is 29.8. The number of fused-ring (bicyclic) bond motifs is 2. The molecule has 196 valence electrons. The topological polar surface area (TPSA) is 0 Å². The molecule has 0 nitrogen and oxygen atoms in total. The van der Waals surface area contributed by atoms with Crippen molar-refractivity contribution >= 4 is 28.3 Å². The molecule has 0 saturated carbocycles. The monoisotopic (exact) mass is 732 g/mol. The van der Waals surface area contributed by atoms with Gasteiger partial charge in [-0.15, -0.1) is 0 Å². The van der Waals surface area contributed by atoms with Crippen LogP contribution in [-0.4, -0.2) is 16.1 Å². The van der Waals surface area contributed by atoms with Crippen molar-refractivity contribution in [3.8, 4) is 0 Å². The van der Waals surface area contributed by atoms with Crippen LogP contribution in [-0.2, 0) is 22.9 Å². The molecule has 2 aromatic carbocycles. The van der Waals surface area contributed by atoms with Gasteiger partial charge in [-0.1, -0.05) is 0 Å². The average molecular weight is 732 g/mol. The van der Waals surface area contributed by atoms with Gasteiger partial charge in [-0.05, 0) is 0 Å². The van der Waals surface area contributed by atoms with Gasteiger partial charge >= 0.3 is 228 Å². The molecule has 2 heterocycles. The van der Waals surface area contributed by atoms with Crippen LogP contribution in [0.4, 0.5) is 0 Å². The minimum Gasteiger partial charge on any atom is -1.00 e. The van der Waals surface area contributed by atoms with Gasteiger partial charge in [0, 0.05) is 0 Å². The van der Waals surface area contributed by atoms with E-state index < -0.39 is 39.1 Å². The largest absolute Gasteiger partial charge is 1.00 e. The summed E-state index contributed by atoms with van der Waals surface area (Å²) in [5.74, 6) is 0. The van der Waals surface area contributed by atoms with Gasteiger partial charge in [0.1, 0.15) is 0 Å². The summed E-state index contributed by atoms with van der Waals surface area (Å²) in [4.78, 5) is 0. The first-order chi connectivity index (χ1) is 17.2. The molecule has 0 N–H and O–H groups in total. The summed E-state index contributed by atoms with van der Waals surface area (Å²) in [5, 5.41) is 0. The SMILES string of the molecule is CCCC[Si]1(C2[C]([Hf+2][C]3=Cc4ccccc4C3[Si]3(CCCC)CCC3)=Cc3ccccc32)CCC1.[Cl-].[Cl-]. The number of unbranched alkanes of at least 4 members (excludes halogenated alkanes) is 2. The van der Waals surface area contributed by atoms with Gasteiger partial charge in [0.05, 0.1) is 0 Å². The Morgan fingerprint density at radius 2 is 1.05 bits per heavy atom. The normalized spacial score (nSPS) is 23.6. The van der Waals surface area contributed by atoms with Crippen molar-refractivity contribution in [1.29, 1.82) is 0 Å². The van der Waals surface area contributed by atoms with E-state index in [9.17, 15) is 0 Å². The quantitative estimate of drug-likeness (QED) is 0.327. The van der Waals surface area contributed by atoms with Crippen molar-refractivity contribution < 1.29 is 47.7 Å². The molecular formula is C32H42Cl2HfSi2. The summed E-state index contributed by atoms with van der Waals surface area (Å²) in [5.41, 5.74) is 8.47. The molecule has 0 radical (unpaired) electrons. The van der Waals surface area contributed by atoms with Gasteiger partial charge in [-0.2, -0.15) is 0 Å². The third kappa shape index (κ3) is 5.31. The number of rotatable bonds is 10. The fraction of sp³-hybridized carbons (Fsp3) is 0.500. The van der Waals surface area contributed by atoms with Crippen LogP contribution in [0.2, 0.25) is 36.3 Å². The van der Waals surface area contributed by atoms with Crippen molar-refractivity contribution in [2.75, 3.05) is 0 Å². The van der Waals surface area contributed by atoms with Gasteiger partial charge in [-0.25, -0.2) is 0 Å². The molecule has 4 aliphatic rings. The zero-order valence-corrected chi connectivity index (χ0v) is 29.8. The fourth-order valence-electron chi connectivity index (χ4n) is 8.04. The van der Waals surface area contributed by atoms with Gasteiger partial charge in [-0.3, -0.25) is 0 Å². The van der Waals surface area contributed by atoms with E-state index in [1.165, 1.54) is 38.5 Å². The molecule has 6 rings (SSSR count). The Balaban J connectivity index is 0.00000160.